The Morgan fingerprint density at radius 3 is 2.45 bits per heavy atom. The Labute approximate surface area is 128 Å². The second kappa shape index (κ2) is 9.55. The Balaban J connectivity index is 0.00000200. The zero-order chi connectivity index (χ0) is 13.5. The van der Waals surface area contributed by atoms with E-state index in [1.165, 1.54) is 12.8 Å². The first-order chi connectivity index (χ1) is 9.29. The number of nitrogens with zero attached hydrogens (tertiary/aromatic N) is 2. The molecule has 2 aliphatic heterocycles. The van der Waals surface area contributed by atoms with Crippen LogP contribution in [0.1, 0.15) is 19.3 Å². The highest BCUT2D eigenvalue weighted by molar-refractivity contribution is 5.85. The van der Waals surface area contributed by atoms with E-state index in [0.29, 0.717) is 18.2 Å². The summed E-state index contributed by atoms with van der Waals surface area (Å²) < 4.78 is 5.21. The molecule has 0 aromatic rings. The Morgan fingerprint density at radius 2 is 1.85 bits per heavy atom. The van der Waals surface area contributed by atoms with Crippen LogP contribution in [-0.4, -0.2) is 75.2 Å². The normalized spacial score (nSPS) is 21.6. The number of hydrogen-bond donors (Lipinski definition) is 1. The van der Waals surface area contributed by atoms with Crippen LogP contribution in [0.25, 0.3) is 0 Å². The zero-order valence-electron chi connectivity index (χ0n) is 12.5. The van der Waals surface area contributed by atoms with Crippen LogP contribution in [0, 0.1) is 5.92 Å². The van der Waals surface area contributed by atoms with E-state index in [0.717, 1.165) is 52.4 Å². The Morgan fingerprint density at radius 1 is 1.20 bits per heavy atom. The highest BCUT2D eigenvalue weighted by Crippen LogP contribution is 2.17. The van der Waals surface area contributed by atoms with Crippen molar-refractivity contribution in [3.63, 3.8) is 0 Å². The first-order valence-corrected chi connectivity index (χ1v) is 7.49. The molecule has 5 nitrogen and oxygen atoms in total. The molecule has 0 unspecified atom stereocenters. The molecule has 2 fully saturated rings. The lowest BCUT2D eigenvalue weighted by Gasteiger charge is -2.32. The van der Waals surface area contributed by atoms with E-state index in [-0.39, 0.29) is 12.4 Å². The van der Waals surface area contributed by atoms with Crippen LogP contribution in [0.2, 0.25) is 0 Å². The second-order valence-electron chi connectivity index (χ2n) is 5.62. The quantitative estimate of drug-likeness (QED) is 0.807. The number of carbonyl (C=O) groups is 1. The van der Waals surface area contributed by atoms with Gasteiger partial charge in [-0.3, -0.25) is 4.79 Å². The molecule has 118 valence electrons. The number of ether oxygens (including phenoxy) is 1. The molecule has 0 radical (unpaired) electrons. The summed E-state index contributed by atoms with van der Waals surface area (Å²) in [4.78, 5) is 16.5. The third kappa shape index (κ3) is 5.56. The number of piperidine rings is 1. The fraction of sp³-hybridized carbons (Fsp3) is 0.929. The van der Waals surface area contributed by atoms with E-state index in [4.69, 9.17) is 4.74 Å². The van der Waals surface area contributed by atoms with Gasteiger partial charge >= 0.3 is 0 Å². The molecule has 0 bridgehead atoms. The van der Waals surface area contributed by atoms with Crippen molar-refractivity contribution in [2.45, 2.75) is 19.3 Å². The highest BCUT2D eigenvalue weighted by atomic mass is 35.5. The van der Waals surface area contributed by atoms with E-state index in [9.17, 15) is 4.79 Å². The van der Waals surface area contributed by atoms with Crippen molar-refractivity contribution < 1.29 is 9.53 Å². The predicted octanol–water partition coefficient (Wildman–Crippen LogP) is 0.589. The maximum absolute atomic E-state index is 12.1. The molecule has 0 atom stereocenters. The number of halogens is 1. The number of likely N-dealkylation sites (tertiary alicyclic amines) is 1. The number of nitrogens with one attached hydrogen (secondary N) is 1. The molecule has 6 heteroatoms. The summed E-state index contributed by atoms with van der Waals surface area (Å²) in [5, 5.41) is 3.28. The fourth-order valence-electron chi connectivity index (χ4n) is 2.94. The van der Waals surface area contributed by atoms with Crippen molar-refractivity contribution in [2.24, 2.45) is 5.92 Å². The monoisotopic (exact) mass is 305 g/mol. The molecule has 0 aliphatic carbocycles. The highest BCUT2D eigenvalue weighted by Gasteiger charge is 2.21. The minimum absolute atomic E-state index is 0. The summed E-state index contributed by atoms with van der Waals surface area (Å²) in [7, 11) is 1.78. The van der Waals surface area contributed by atoms with E-state index >= 15 is 0 Å². The van der Waals surface area contributed by atoms with Crippen molar-refractivity contribution in [1.82, 2.24) is 15.1 Å². The minimum Gasteiger partial charge on any atom is -0.384 e. The van der Waals surface area contributed by atoms with Gasteiger partial charge in [0.15, 0.2) is 0 Å². The fourth-order valence-corrected chi connectivity index (χ4v) is 2.94. The van der Waals surface area contributed by atoms with Crippen LogP contribution in [0.15, 0.2) is 0 Å². The number of carbonyl (C=O) groups excluding carboxylic acids is 1. The molecule has 0 spiro atoms. The van der Waals surface area contributed by atoms with E-state index < -0.39 is 0 Å². The standard InChI is InChI=1S/C14H27N3O2.ClH/c1-19-12-13-2-7-16(8-3-13)9-4-14(18)17-10-5-15-6-11-17;/h13,15H,2-12H2,1H3;1H. The molecular weight excluding hydrogens is 278 g/mol. The molecule has 20 heavy (non-hydrogen) atoms. The van der Waals surface area contributed by atoms with Crippen LogP contribution in [0.5, 0.6) is 0 Å². The lowest BCUT2D eigenvalue weighted by atomic mass is 9.98. The van der Waals surface area contributed by atoms with Crippen LogP contribution in [0.3, 0.4) is 0 Å². The molecule has 2 saturated heterocycles. The Hall–Kier alpha value is -0.360. The molecule has 2 rings (SSSR count). The number of hydrogen-bond acceptors (Lipinski definition) is 4. The molecule has 1 N–H and O–H groups in total. The van der Waals surface area contributed by atoms with Crippen molar-refractivity contribution in [3.05, 3.63) is 0 Å². The molecular formula is C14H28ClN3O2. The maximum atomic E-state index is 12.1. The summed E-state index contributed by atoms with van der Waals surface area (Å²) >= 11 is 0. The first-order valence-electron chi connectivity index (χ1n) is 7.49. The van der Waals surface area contributed by atoms with Crippen LogP contribution in [-0.2, 0) is 9.53 Å². The maximum Gasteiger partial charge on any atom is 0.223 e. The molecule has 2 heterocycles. The predicted molar refractivity (Wildman–Crippen MR) is 82.4 cm³/mol. The molecule has 0 aromatic carbocycles. The number of methoxy groups -OCH3 is 1. The number of amides is 1. The number of rotatable bonds is 5. The van der Waals surface area contributed by atoms with Gasteiger partial charge in [0.05, 0.1) is 0 Å². The van der Waals surface area contributed by atoms with Crippen molar-refractivity contribution in [1.29, 1.82) is 0 Å². The smallest absolute Gasteiger partial charge is 0.223 e. The van der Waals surface area contributed by atoms with Gasteiger partial charge in [-0.1, -0.05) is 0 Å². The summed E-state index contributed by atoms with van der Waals surface area (Å²) in [5.74, 6) is 1.03. The average molecular weight is 306 g/mol. The average Bonchev–Trinajstić information content (AvgIpc) is 2.47. The topological polar surface area (TPSA) is 44.8 Å². The van der Waals surface area contributed by atoms with Crippen molar-refractivity contribution in [2.75, 3.05) is 59.5 Å². The van der Waals surface area contributed by atoms with Crippen LogP contribution >= 0.6 is 12.4 Å². The van der Waals surface area contributed by atoms with Crippen LogP contribution < -0.4 is 5.32 Å². The van der Waals surface area contributed by atoms with Gasteiger partial charge in [0.2, 0.25) is 5.91 Å². The van der Waals surface area contributed by atoms with E-state index in [2.05, 4.69) is 10.2 Å². The first kappa shape index (κ1) is 17.7. The van der Waals surface area contributed by atoms with Gasteiger partial charge in [0.1, 0.15) is 0 Å². The van der Waals surface area contributed by atoms with Crippen molar-refractivity contribution in [3.8, 4) is 0 Å². The lowest BCUT2D eigenvalue weighted by Crippen LogP contribution is -2.47. The largest absolute Gasteiger partial charge is 0.384 e. The van der Waals surface area contributed by atoms with Gasteiger partial charge in [-0.15, -0.1) is 12.4 Å². The van der Waals surface area contributed by atoms with Gasteiger partial charge in [0, 0.05) is 52.9 Å². The molecule has 0 saturated carbocycles. The summed E-state index contributed by atoms with van der Waals surface area (Å²) in [6, 6.07) is 0. The minimum atomic E-state index is 0. The van der Waals surface area contributed by atoms with Gasteiger partial charge in [0.25, 0.3) is 0 Å². The second-order valence-corrected chi connectivity index (χ2v) is 5.62. The van der Waals surface area contributed by atoms with Crippen LogP contribution in [0.4, 0.5) is 0 Å². The Bertz CT molecular complexity index is 278. The molecule has 1 amide bonds. The van der Waals surface area contributed by atoms with E-state index in [1.807, 2.05) is 4.90 Å². The summed E-state index contributed by atoms with van der Waals surface area (Å²) in [5.41, 5.74) is 0. The van der Waals surface area contributed by atoms with Gasteiger partial charge in [-0.25, -0.2) is 0 Å². The molecule has 0 aromatic heterocycles. The van der Waals surface area contributed by atoms with Crippen molar-refractivity contribution >= 4 is 18.3 Å². The van der Waals surface area contributed by atoms with Gasteiger partial charge < -0.3 is 19.9 Å². The Kier molecular flexibility index (Phi) is 8.45. The molecule has 2 aliphatic rings. The zero-order valence-corrected chi connectivity index (χ0v) is 13.3. The third-order valence-electron chi connectivity index (χ3n) is 4.22. The summed E-state index contributed by atoms with van der Waals surface area (Å²) in [6.45, 7) is 7.65. The van der Waals surface area contributed by atoms with Gasteiger partial charge in [-0.05, 0) is 31.8 Å². The van der Waals surface area contributed by atoms with E-state index in [1.54, 1.807) is 7.11 Å². The van der Waals surface area contributed by atoms with Gasteiger partial charge in [-0.2, -0.15) is 0 Å². The number of piperazine rings is 1. The third-order valence-corrected chi connectivity index (χ3v) is 4.22. The lowest BCUT2D eigenvalue weighted by molar-refractivity contribution is -0.132. The summed E-state index contributed by atoms with van der Waals surface area (Å²) in [6.07, 6.45) is 3.08. The SMILES string of the molecule is COCC1CCN(CCC(=O)N2CCNCC2)CC1.Cl.